The standard InChI is InChI=1S/C22H22NO4P/c1-18(17-22(24)23-19-11-5-2-6-12-19)28(25,26-20-13-7-3-8-14-20)27-21-15-9-4-10-16-21/h2-16,18H,17H2,1H3,(H,23,24). The third-order valence-electron chi connectivity index (χ3n) is 4.03. The molecule has 0 bridgehead atoms. The fourth-order valence-electron chi connectivity index (χ4n) is 2.57. The minimum Gasteiger partial charge on any atom is -0.416 e. The van der Waals surface area contributed by atoms with Gasteiger partial charge in [0, 0.05) is 12.1 Å². The number of carbonyl (C=O) groups is 1. The van der Waals surface area contributed by atoms with E-state index in [2.05, 4.69) is 5.32 Å². The first-order valence-electron chi connectivity index (χ1n) is 8.99. The van der Waals surface area contributed by atoms with E-state index in [9.17, 15) is 9.36 Å². The summed E-state index contributed by atoms with van der Waals surface area (Å²) in [6.45, 7) is 1.69. The van der Waals surface area contributed by atoms with Gasteiger partial charge in [0.25, 0.3) is 0 Å². The molecule has 0 spiro atoms. The molecule has 5 nitrogen and oxygen atoms in total. The third-order valence-corrected chi connectivity index (χ3v) is 6.22. The molecular weight excluding hydrogens is 373 g/mol. The van der Waals surface area contributed by atoms with Crippen LogP contribution in [-0.2, 0) is 9.36 Å². The number of para-hydroxylation sites is 3. The van der Waals surface area contributed by atoms with Crippen LogP contribution in [0.15, 0.2) is 91.0 Å². The normalized spacial score (nSPS) is 12.0. The number of hydrogen-bond acceptors (Lipinski definition) is 4. The van der Waals surface area contributed by atoms with Crippen LogP contribution in [0.3, 0.4) is 0 Å². The summed E-state index contributed by atoms with van der Waals surface area (Å²) in [5.74, 6) is 0.599. The second-order valence-electron chi connectivity index (χ2n) is 6.32. The third kappa shape index (κ3) is 5.48. The Hall–Kier alpha value is -3.04. The zero-order valence-corrected chi connectivity index (χ0v) is 16.4. The van der Waals surface area contributed by atoms with E-state index < -0.39 is 13.3 Å². The monoisotopic (exact) mass is 395 g/mol. The van der Waals surface area contributed by atoms with Gasteiger partial charge >= 0.3 is 7.60 Å². The van der Waals surface area contributed by atoms with E-state index in [4.69, 9.17) is 9.05 Å². The van der Waals surface area contributed by atoms with Crippen molar-refractivity contribution < 1.29 is 18.4 Å². The first kappa shape index (κ1) is 19.7. The lowest BCUT2D eigenvalue weighted by Crippen LogP contribution is -2.22. The predicted molar refractivity (Wildman–Crippen MR) is 111 cm³/mol. The maximum Gasteiger partial charge on any atom is 0.433 e. The molecule has 0 aromatic heterocycles. The van der Waals surface area contributed by atoms with Crippen molar-refractivity contribution in [1.29, 1.82) is 0 Å². The Balaban J connectivity index is 1.76. The molecular formula is C22H22NO4P. The molecule has 1 N–H and O–H groups in total. The van der Waals surface area contributed by atoms with Gasteiger partial charge in [-0.25, -0.2) is 4.57 Å². The van der Waals surface area contributed by atoms with E-state index >= 15 is 0 Å². The van der Waals surface area contributed by atoms with Gasteiger partial charge in [-0.15, -0.1) is 0 Å². The highest BCUT2D eigenvalue weighted by atomic mass is 31.2. The molecule has 1 atom stereocenters. The summed E-state index contributed by atoms with van der Waals surface area (Å²) in [6, 6.07) is 26.8. The van der Waals surface area contributed by atoms with Crippen molar-refractivity contribution in [2.24, 2.45) is 0 Å². The van der Waals surface area contributed by atoms with Crippen LogP contribution >= 0.6 is 7.60 Å². The molecule has 0 radical (unpaired) electrons. The van der Waals surface area contributed by atoms with E-state index in [-0.39, 0.29) is 12.3 Å². The first-order valence-corrected chi connectivity index (χ1v) is 10.6. The van der Waals surface area contributed by atoms with Crippen molar-refractivity contribution >= 4 is 19.2 Å². The molecule has 3 rings (SSSR count). The van der Waals surface area contributed by atoms with Crippen molar-refractivity contribution in [3.8, 4) is 11.5 Å². The Morgan fingerprint density at radius 2 is 1.25 bits per heavy atom. The van der Waals surface area contributed by atoms with E-state index in [1.807, 2.05) is 30.3 Å². The summed E-state index contributed by atoms with van der Waals surface area (Å²) >= 11 is 0. The van der Waals surface area contributed by atoms with Crippen LogP contribution in [-0.4, -0.2) is 11.6 Å². The van der Waals surface area contributed by atoms with Crippen molar-refractivity contribution in [2.45, 2.75) is 19.0 Å². The molecule has 28 heavy (non-hydrogen) atoms. The second kappa shape index (κ2) is 9.25. The van der Waals surface area contributed by atoms with E-state index in [1.54, 1.807) is 67.6 Å². The predicted octanol–water partition coefficient (Wildman–Crippen LogP) is 5.75. The Labute approximate surface area is 164 Å². The Morgan fingerprint density at radius 1 is 0.821 bits per heavy atom. The average molecular weight is 395 g/mol. The van der Waals surface area contributed by atoms with Gasteiger partial charge in [0.1, 0.15) is 11.5 Å². The smallest absolute Gasteiger partial charge is 0.416 e. The van der Waals surface area contributed by atoms with Crippen LogP contribution in [0.25, 0.3) is 0 Å². The van der Waals surface area contributed by atoms with Gasteiger partial charge in [0.2, 0.25) is 5.91 Å². The molecule has 0 aliphatic rings. The zero-order chi connectivity index (χ0) is 19.8. The molecule has 1 unspecified atom stereocenters. The Bertz CT molecular complexity index is 887. The van der Waals surface area contributed by atoms with Crippen LogP contribution in [0.2, 0.25) is 0 Å². The number of amides is 1. The lowest BCUT2D eigenvalue weighted by molar-refractivity contribution is -0.116. The molecule has 3 aromatic rings. The van der Waals surface area contributed by atoms with Gasteiger partial charge in [-0.2, -0.15) is 0 Å². The maximum absolute atomic E-state index is 13.6. The van der Waals surface area contributed by atoms with Crippen LogP contribution < -0.4 is 14.4 Å². The fourth-order valence-corrected chi connectivity index (χ4v) is 4.19. The highest BCUT2D eigenvalue weighted by Gasteiger charge is 2.37. The summed E-state index contributed by atoms with van der Waals surface area (Å²) in [7, 11) is -3.67. The molecule has 3 aromatic carbocycles. The van der Waals surface area contributed by atoms with E-state index in [0.29, 0.717) is 17.2 Å². The molecule has 0 saturated carbocycles. The molecule has 0 saturated heterocycles. The molecule has 0 aliphatic heterocycles. The zero-order valence-electron chi connectivity index (χ0n) is 15.5. The van der Waals surface area contributed by atoms with Crippen molar-refractivity contribution in [3.63, 3.8) is 0 Å². The van der Waals surface area contributed by atoms with Gasteiger partial charge in [0.15, 0.2) is 0 Å². The van der Waals surface area contributed by atoms with E-state index in [0.717, 1.165) is 0 Å². The van der Waals surface area contributed by atoms with Crippen molar-refractivity contribution in [1.82, 2.24) is 0 Å². The number of nitrogens with one attached hydrogen (secondary N) is 1. The van der Waals surface area contributed by atoms with Gasteiger partial charge < -0.3 is 14.4 Å². The van der Waals surface area contributed by atoms with Crippen molar-refractivity contribution in [2.75, 3.05) is 5.32 Å². The lowest BCUT2D eigenvalue weighted by Gasteiger charge is -2.25. The fraction of sp³-hybridized carbons (Fsp3) is 0.136. The van der Waals surface area contributed by atoms with Crippen molar-refractivity contribution in [3.05, 3.63) is 91.0 Å². The molecule has 0 aliphatic carbocycles. The lowest BCUT2D eigenvalue weighted by atomic mass is 10.3. The summed E-state index contributed by atoms with van der Waals surface area (Å²) in [6.07, 6.45) is -0.00810. The highest BCUT2D eigenvalue weighted by molar-refractivity contribution is 7.55. The molecule has 0 fully saturated rings. The molecule has 1 amide bonds. The Morgan fingerprint density at radius 3 is 1.71 bits per heavy atom. The number of benzene rings is 3. The van der Waals surface area contributed by atoms with Gasteiger partial charge in [-0.05, 0) is 43.3 Å². The summed E-state index contributed by atoms with van der Waals surface area (Å²) in [5, 5.41) is 2.80. The first-order chi connectivity index (χ1) is 13.5. The molecule has 6 heteroatoms. The number of hydrogen-bond donors (Lipinski definition) is 1. The Kier molecular flexibility index (Phi) is 6.51. The van der Waals surface area contributed by atoms with Gasteiger partial charge in [-0.1, -0.05) is 54.6 Å². The number of rotatable bonds is 8. The summed E-state index contributed by atoms with van der Waals surface area (Å²) in [4.78, 5) is 12.4. The van der Waals surface area contributed by atoms with Crippen LogP contribution in [0.1, 0.15) is 13.3 Å². The largest absolute Gasteiger partial charge is 0.433 e. The number of anilines is 1. The second-order valence-corrected chi connectivity index (χ2v) is 8.64. The minimum atomic E-state index is -3.67. The topological polar surface area (TPSA) is 64.6 Å². The van der Waals surface area contributed by atoms with Gasteiger partial charge in [0.05, 0.1) is 5.66 Å². The van der Waals surface area contributed by atoms with Crippen LogP contribution in [0.4, 0.5) is 5.69 Å². The average Bonchev–Trinajstić information content (AvgIpc) is 2.70. The van der Waals surface area contributed by atoms with E-state index in [1.165, 1.54) is 0 Å². The van der Waals surface area contributed by atoms with Gasteiger partial charge in [-0.3, -0.25) is 4.79 Å². The molecule has 0 heterocycles. The minimum absolute atomic E-state index is 0.00810. The SMILES string of the molecule is CC(CC(=O)Nc1ccccc1)P(=O)(Oc1ccccc1)Oc1ccccc1. The van der Waals surface area contributed by atoms with Crippen LogP contribution in [0.5, 0.6) is 11.5 Å². The number of carbonyl (C=O) groups excluding carboxylic acids is 1. The van der Waals surface area contributed by atoms with Crippen LogP contribution in [0, 0.1) is 0 Å². The molecule has 144 valence electrons. The maximum atomic E-state index is 13.6. The quantitative estimate of drug-likeness (QED) is 0.493. The summed E-state index contributed by atoms with van der Waals surface area (Å²) < 4.78 is 25.2. The highest BCUT2D eigenvalue weighted by Crippen LogP contribution is 2.53. The summed E-state index contributed by atoms with van der Waals surface area (Å²) in [5.41, 5.74) is 0.0270.